The lowest BCUT2D eigenvalue weighted by Crippen LogP contribution is -2.21. The Labute approximate surface area is 90.4 Å². The molecule has 1 heterocycles. The first kappa shape index (κ1) is 10.0. The molecular formula is C12H14BNO. The Bertz CT molecular complexity index is 406. The van der Waals surface area contributed by atoms with Gasteiger partial charge in [-0.1, -0.05) is 48.5 Å². The van der Waals surface area contributed by atoms with Crippen molar-refractivity contribution in [2.45, 2.75) is 20.1 Å². The van der Waals surface area contributed by atoms with Crippen molar-refractivity contribution in [2.24, 2.45) is 0 Å². The SMILES string of the molecule is CB(C)c1ccc(Cc2ccon2)cc1. The smallest absolute Gasteiger partial charge is 0.169 e. The van der Waals surface area contributed by atoms with Gasteiger partial charge < -0.3 is 4.52 Å². The van der Waals surface area contributed by atoms with E-state index in [4.69, 9.17) is 4.52 Å². The zero-order chi connectivity index (χ0) is 10.7. The van der Waals surface area contributed by atoms with Crippen LogP contribution in [0.4, 0.5) is 0 Å². The van der Waals surface area contributed by atoms with E-state index >= 15 is 0 Å². The fourth-order valence-corrected chi connectivity index (χ4v) is 1.56. The molecule has 0 saturated carbocycles. The number of hydrogen-bond acceptors (Lipinski definition) is 2. The van der Waals surface area contributed by atoms with Gasteiger partial charge in [-0.2, -0.15) is 0 Å². The van der Waals surface area contributed by atoms with Gasteiger partial charge in [-0.15, -0.1) is 0 Å². The Balaban J connectivity index is 2.11. The molecule has 0 saturated heterocycles. The molecule has 0 radical (unpaired) electrons. The quantitative estimate of drug-likeness (QED) is 0.708. The summed E-state index contributed by atoms with van der Waals surface area (Å²) >= 11 is 0. The van der Waals surface area contributed by atoms with Crippen molar-refractivity contribution >= 4 is 12.2 Å². The maximum absolute atomic E-state index is 4.80. The summed E-state index contributed by atoms with van der Waals surface area (Å²) in [7, 11) is 0. The molecule has 0 aliphatic heterocycles. The molecule has 2 nitrogen and oxygen atoms in total. The molecule has 0 unspecified atom stereocenters. The van der Waals surface area contributed by atoms with Crippen LogP contribution in [0.15, 0.2) is 41.1 Å². The van der Waals surface area contributed by atoms with Crippen LogP contribution >= 0.6 is 0 Å². The van der Waals surface area contributed by atoms with Crippen molar-refractivity contribution in [3.63, 3.8) is 0 Å². The van der Waals surface area contributed by atoms with E-state index in [0.29, 0.717) is 6.71 Å². The van der Waals surface area contributed by atoms with Crippen molar-refractivity contribution in [1.82, 2.24) is 5.16 Å². The number of aromatic nitrogens is 1. The highest BCUT2D eigenvalue weighted by atomic mass is 16.5. The number of hydrogen-bond donors (Lipinski definition) is 0. The molecule has 1 aromatic heterocycles. The molecule has 76 valence electrons. The summed E-state index contributed by atoms with van der Waals surface area (Å²) in [5.74, 6) is 0. The van der Waals surface area contributed by atoms with Gasteiger partial charge in [0.25, 0.3) is 0 Å². The van der Waals surface area contributed by atoms with Gasteiger partial charge in [-0.05, 0) is 5.56 Å². The highest BCUT2D eigenvalue weighted by Gasteiger charge is 2.03. The fraction of sp³-hybridized carbons (Fsp3) is 0.250. The summed E-state index contributed by atoms with van der Waals surface area (Å²) in [6.07, 6.45) is 2.45. The molecule has 0 spiro atoms. The van der Waals surface area contributed by atoms with Gasteiger partial charge in [-0.25, -0.2) is 0 Å². The summed E-state index contributed by atoms with van der Waals surface area (Å²) in [6, 6.07) is 10.6. The van der Waals surface area contributed by atoms with E-state index in [0.717, 1.165) is 12.1 Å². The molecule has 0 aliphatic rings. The molecule has 15 heavy (non-hydrogen) atoms. The van der Waals surface area contributed by atoms with Gasteiger partial charge in [0, 0.05) is 12.5 Å². The van der Waals surface area contributed by atoms with Crippen molar-refractivity contribution in [2.75, 3.05) is 0 Å². The van der Waals surface area contributed by atoms with Gasteiger partial charge >= 0.3 is 0 Å². The molecule has 2 rings (SSSR count). The zero-order valence-electron chi connectivity index (χ0n) is 9.10. The number of nitrogens with zero attached hydrogens (tertiary/aromatic N) is 1. The highest BCUT2D eigenvalue weighted by Crippen LogP contribution is 2.06. The van der Waals surface area contributed by atoms with Crippen LogP contribution in [0.25, 0.3) is 0 Å². The van der Waals surface area contributed by atoms with E-state index in [1.165, 1.54) is 11.0 Å². The van der Waals surface area contributed by atoms with Gasteiger partial charge in [0.05, 0.1) is 5.69 Å². The predicted molar refractivity (Wildman–Crippen MR) is 62.9 cm³/mol. The van der Waals surface area contributed by atoms with E-state index in [1.54, 1.807) is 6.26 Å². The van der Waals surface area contributed by atoms with Gasteiger partial charge in [-0.3, -0.25) is 0 Å². The van der Waals surface area contributed by atoms with Crippen LogP contribution in [0, 0.1) is 0 Å². The Morgan fingerprint density at radius 1 is 1.13 bits per heavy atom. The summed E-state index contributed by atoms with van der Waals surface area (Å²) in [6.45, 7) is 4.99. The van der Waals surface area contributed by atoms with Crippen molar-refractivity contribution in [3.8, 4) is 0 Å². The second-order valence-corrected chi connectivity index (χ2v) is 4.06. The van der Waals surface area contributed by atoms with Gasteiger partial charge in [0.1, 0.15) is 6.26 Å². The Morgan fingerprint density at radius 3 is 2.40 bits per heavy atom. The lowest BCUT2D eigenvalue weighted by atomic mass is 9.49. The molecule has 0 atom stereocenters. The highest BCUT2D eigenvalue weighted by molar-refractivity contribution is 6.70. The van der Waals surface area contributed by atoms with Crippen molar-refractivity contribution in [1.29, 1.82) is 0 Å². The maximum Gasteiger partial charge on any atom is 0.169 e. The normalized spacial score (nSPS) is 10.3. The summed E-state index contributed by atoms with van der Waals surface area (Å²) in [5.41, 5.74) is 3.62. The van der Waals surface area contributed by atoms with Crippen LogP contribution in [0.3, 0.4) is 0 Å². The van der Waals surface area contributed by atoms with Crippen molar-refractivity contribution < 1.29 is 4.52 Å². The largest absolute Gasteiger partial charge is 0.365 e. The zero-order valence-corrected chi connectivity index (χ0v) is 9.10. The van der Waals surface area contributed by atoms with E-state index in [9.17, 15) is 0 Å². The van der Waals surface area contributed by atoms with Crippen LogP contribution in [0.5, 0.6) is 0 Å². The average molecular weight is 199 g/mol. The van der Waals surface area contributed by atoms with Crippen LogP contribution in [0.1, 0.15) is 11.3 Å². The molecule has 0 N–H and O–H groups in total. The fourth-order valence-electron chi connectivity index (χ4n) is 1.56. The van der Waals surface area contributed by atoms with Gasteiger partial charge in [0.2, 0.25) is 0 Å². The van der Waals surface area contributed by atoms with Crippen molar-refractivity contribution in [3.05, 3.63) is 47.9 Å². The molecule has 0 amide bonds. The minimum atomic E-state index is 0.589. The lowest BCUT2D eigenvalue weighted by Gasteiger charge is -2.03. The van der Waals surface area contributed by atoms with Crippen LogP contribution in [-0.2, 0) is 6.42 Å². The van der Waals surface area contributed by atoms with E-state index in [2.05, 4.69) is 43.1 Å². The summed E-state index contributed by atoms with van der Waals surface area (Å²) in [5, 5.41) is 3.89. The molecule has 0 bridgehead atoms. The number of benzene rings is 1. The molecular weight excluding hydrogens is 185 g/mol. The third-order valence-electron chi connectivity index (χ3n) is 2.52. The first-order valence-corrected chi connectivity index (χ1v) is 5.24. The van der Waals surface area contributed by atoms with Crippen LogP contribution in [-0.4, -0.2) is 11.9 Å². The Hall–Kier alpha value is -1.51. The molecule has 3 heteroatoms. The van der Waals surface area contributed by atoms with Crippen LogP contribution < -0.4 is 5.46 Å². The number of rotatable bonds is 3. The maximum atomic E-state index is 4.80. The Kier molecular flexibility index (Phi) is 2.90. The Morgan fingerprint density at radius 2 is 1.87 bits per heavy atom. The lowest BCUT2D eigenvalue weighted by molar-refractivity contribution is 0.413. The third-order valence-corrected chi connectivity index (χ3v) is 2.52. The molecule has 0 aliphatic carbocycles. The van der Waals surface area contributed by atoms with Gasteiger partial charge in [0.15, 0.2) is 6.71 Å². The van der Waals surface area contributed by atoms with E-state index in [1.807, 2.05) is 6.07 Å². The monoisotopic (exact) mass is 199 g/mol. The third kappa shape index (κ3) is 2.49. The first-order chi connectivity index (χ1) is 7.25. The van der Waals surface area contributed by atoms with E-state index in [-0.39, 0.29) is 0 Å². The van der Waals surface area contributed by atoms with Crippen LogP contribution in [0.2, 0.25) is 13.6 Å². The minimum absolute atomic E-state index is 0.589. The molecule has 2 aromatic rings. The molecule has 1 aromatic carbocycles. The topological polar surface area (TPSA) is 26.0 Å². The standard InChI is InChI=1S/C12H14BNO/c1-13(2)11-5-3-10(4-6-11)9-12-7-8-15-14-12/h3-8H,9H2,1-2H3. The second kappa shape index (κ2) is 4.34. The second-order valence-electron chi connectivity index (χ2n) is 4.06. The first-order valence-electron chi connectivity index (χ1n) is 5.24. The summed E-state index contributed by atoms with van der Waals surface area (Å²) < 4.78 is 4.80. The summed E-state index contributed by atoms with van der Waals surface area (Å²) in [4.78, 5) is 0. The molecule has 0 fully saturated rings. The minimum Gasteiger partial charge on any atom is -0.365 e. The predicted octanol–water partition coefficient (Wildman–Crippen LogP) is 2.23. The van der Waals surface area contributed by atoms with E-state index < -0.39 is 0 Å². The average Bonchev–Trinajstić information content (AvgIpc) is 2.71.